The molecule has 3 atom stereocenters. The maximum atomic E-state index is 13.1. The molecule has 2 fully saturated rings. The molecule has 5 rings (SSSR count). The van der Waals surface area contributed by atoms with Crippen molar-refractivity contribution >= 4 is 23.2 Å². The third-order valence-corrected chi connectivity index (χ3v) is 6.87. The zero-order valence-electron chi connectivity index (χ0n) is 17.0. The second kappa shape index (κ2) is 8.14. The highest BCUT2D eigenvalue weighted by Gasteiger charge is 2.41. The summed E-state index contributed by atoms with van der Waals surface area (Å²) in [5, 5.41) is 2.85. The van der Waals surface area contributed by atoms with Crippen molar-refractivity contribution in [2.75, 3.05) is 36.4 Å². The minimum Gasteiger partial charge on any atom is -0.323 e. The van der Waals surface area contributed by atoms with E-state index in [-0.39, 0.29) is 18.4 Å². The fourth-order valence-electron chi connectivity index (χ4n) is 5.54. The van der Waals surface area contributed by atoms with Gasteiger partial charge in [0.2, 0.25) is 11.8 Å². The van der Waals surface area contributed by atoms with Crippen LogP contribution in [0.4, 0.5) is 11.4 Å². The van der Waals surface area contributed by atoms with Crippen LogP contribution < -0.4 is 10.2 Å². The average Bonchev–Trinajstić information content (AvgIpc) is 3.17. The van der Waals surface area contributed by atoms with Crippen LogP contribution in [0.25, 0.3) is 0 Å². The van der Waals surface area contributed by atoms with Crippen LogP contribution in [0.15, 0.2) is 43.0 Å². The van der Waals surface area contributed by atoms with Crippen LogP contribution in [0.1, 0.15) is 24.8 Å². The molecule has 2 amide bonds. The van der Waals surface area contributed by atoms with Crippen molar-refractivity contribution < 1.29 is 9.59 Å². The molecule has 0 radical (unpaired) electrons. The molecule has 0 bridgehead atoms. The van der Waals surface area contributed by atoms with Gasteiger partial charge in [0.05, 0.1) is 17.9 Å². The highest BCUT2D eigenvalue weighted by Crippen LogP contribution is 2.41. The lowest BCUT2D eigenvalue weighted by Gasteiger charge is -2.33. The number of hydrogen-bond acceptors (Lipinski definition) is 5. The topological polar surface area (TPSA) is 78.4 Å². The van der Waals surface area contributed by atoms with E-state index in [4.69, 9.17) is 0 Å². The van der Waals surface area contributed by atoms with E-state index in [1.807, 2.05) is 36.7 Å². The lowest BCUT2D eigenvalue weighted by Crippen LogP contribution is -2.46. The Hall–Kier alpha value is -2.80. The van der Waals surface area contributed by atoms with E-state index >= 15 is 0 Å². The number of amides is 2. The fourth-order valence-corrected chi connectivity index (χ4v) is 5.54. The molecule has 1 N–H and O–H groups in total. The Morgan fingerprint density at radius 1 is 1.13 bits per heavy atom. The number of anilines is 2. The van der Waals surface area contributed by atoms with Gasteiger partial charge in [-0.3, -0.25) is 19.4 Å². The van der Waals surface area contributed by atoms with Gasteiger partial charge in [0, 0.05) is 25.5 Å². The monoisotopic (exact) mass is 405 g/mol. The quantitative estimate of drug-likeness (QED) is 0.845. The summed E-state index contributed by atoms with van der Waals surface area (Å²) < 4.78 is 0. The first kappa shape index (κ1) is 19.2. The summed E-state index contributed by atoms with van der Waals surface area (Å²) in [5.41, 5.74) is 2.71. The Bertz CT molecular complexity index is 934. The van der Waals surface area contributed by atoms with Crippen LogP contribution in [-0.4, -0.2) is 52.9 Å². The number of rotatable bonds is 4. The van der Waals surface area contributed by atoms with Crippen molar-refractivity contribution in [1.29, 1.82) is 0 Å². The summed E-state index contributed by atoms with van der Waals surface area (Å²) in [4.78, 5) is 37.5. The fraction of sp³-hybridized carbons (Fsp3) is 0.478. The largest absolute Gasteiger partial charge is 0.323 e. The molecule has 2 aliphatic heterocycles. The van der Waals surface area contributed by atoms with E-state index < -0.39 is 0 Å². The molecule has 0 unspecified atom stereocenters. The first-order valence-electron chi connectivity index (χ1n) is 10.8. The summed E-state index contributed by atoms with van der Waals surface area (Å²) in [5.74, 6) is 1.75. The molecule has 30 heavy (non-hydrogen) atoms. The molecular formula is C23H27N5O2. The van der Waals surface area contributed by atoms with Crippen LogP contribution >= 0.6 is 0 Å². The number of fused-ring (bicyclic) bond motifs is 2. The van der Waals surface area contributed by atoms with Gasteiger partial charge in [-0.15, -0.1) is 0 Å². The number of carbonyl (C=O) groups is 2. The normalized spacial score (nSPS) is 26.1. The van der Waals surface area contributed by atoms with Crippen molar-refractivity contribution in [2.45, 2.75) is 25.7 Å². The highest BCUT2D eigenvalue weighted by atomic mass is 16.2. The zero-order valence-corrected chi connectivity index (χ0v) is 17.0. The third-order valence-electron chi connectivity index (χ3n) is 6.87. The molecule has 7 heteroatoms. The molecular weight excluding hydrogens is 378 g/mol. The SMILES string of the molecule is O=C1CN(C(=O)CN2C[C@H]3CCC[C@H](Cc4cncnc4)[C@H]3C2)c2ccccc2N1. The number of likely N-dealkylation sites (tertiary alicyclic amines) is 1. The van der Waals surface area contributed by atoms with E-state index in [9.17, 15) is 9.59 Å². The van der Waals surface area contributed by atoms with Gasteiger partial charge in [-0.25, -0.2) is 9.97 Å². The van der Waals surface area contributed by atoms with Gasteiger partial charge in [0.1, 0.15) is 12.9 Å². The molecule has 7 nitrogen and oxygen atoms in total. The molecule has 3 heterocycles. The molecule has 1 saturated heterocycles. The Morgan fingerprint density at radius 3 is 2.83 bits per heavy atom. The smallest absolute Gasteiger partial charge is 0.244 e. The number of aromatic nitrogens is 2. The lowest BCUT2D eigenvalue weighted by molar-refractivity contribution is -0.122. The Morgan fingerprint density at radius 2 is 1.97 bits per heavy atom. The summed E-state index contributed by atoms with van der Waals surface area (Å²) in [6.45, 7) is 2.39. The van der Waals surface area contributed by atoms with Crippen LogP contribution in [0.3, 0.4) is 0 Å². The molecule has 156 valence electrons. The number of nitrogens with one attached hydrogen (secondary N) is 1. The summed E-state index contributed by atoms with van der Waals surface area (Å²) in [6, 6.07) is 7.51. The van der Waals surface area contributed by atoms with Crippen LogP contribution in [0.5, 0.6) is 0 Å². The van der Waals surface area contributed by atoms with Gasteiger partial charge in [0.25, 0.3) is 0 Å². The maximum Gasteiger partial charge on any atom is 0.244 e. The van der Waals surface area contributed by atoms with E-state index in [0.29, 0.717) is 30.0 Å². The summed E-state index contributed by atoms with van der Waals surface area (Å²) >= 11 is 0. The summed E-state index contributed by atoms with van der Waals surface area (Å²) in [7, 11) is 0. The Labute approximate surface area is 176 Å². The maximum absolute atomic E-state index is 13.1. The predicted molar refractivity (Wildman–Crippen MR) is 114 cm³/mol. The van der Waals surface area contributed by atoms with Crippen molar-refractivity contribution in [1.82, 2.24) is 14.9 Å². The number of para-hydroxylation sites is 2. The number of hydrogen-bond donors (Lipinski definition) is 1. The minimum atomic E-state index is -0.137. The van der Waals surface area contributed by atoms with Gasteiger partial charge in [-0.05, 0) is 54.7 Å². The Kier molecular flexibility index (Phi) is 5.21. The second-order valence-electron chi connectivity index (χ2n) is 8.81. The van der Waals surface area contributed by atoms with E-state index in [0.717, 1.165) is 25.2 Å². The van der Waals surface area contributed by atoms with E-state index in [2.05, 4.69) is 20.2 Å². The number of benzene rings is 1. The standard InChI is InChI=1S/C23H27N5O2/c29-22-13-28(21-7-2-1-6-20(21)26-22)23(30)14-27-11-18-5-3-4-17(19(18)12-27)8-16-9-24-15-25-10-16/h1-2,6-7,9-10,15,17-19H,3-5,8,11-14H2,(H,26,29)/t17-,18-,19-/m1/s1. The average molecular weight is 406 g/mol. The second-order valence-corrected chi connectivity index (χ2v) is 8.81. The third kappa shape index (κ3) is 3.81. The molecule has 1 saturated carbocycles. The molecule has 3 aliphatic rings. The van der Waals surface area contributed by atoms with Crippen LogP contribution in [0, 0.1) is 17.8 Å². The van der Waals surface area contributed by atoms with Gasteiger partial charge in [0.15, 0.2) is 0 Å². The van der Waals surface area contributed by atoms with Gasteiger partial charge in [-0.2, -0.15) is 0 Å². The molecule has 1 aromatic heterocycles. The molecule has 1 aliphatic carbocycles. The van der Waals surface area contributed by atoms with E-state index in [1.54, 1.807) is 11.2 Å². The van der Waals surface area contributed by atoms with E-state index in [1.165, 1.54) is 24.8 Å². The van der Waals surface area contributed by atoms with Crippen LogP contribution in [-0.2, 0) is 16.0 Å². The first-order chi connectivity index (χ1) is 14.7. The summed E-state index contributed by atoms with van der Waals surface area (Å²) in [6.07, 6.45) is 10.2. The Balaban J connectivity index is 1.26. The lowest BCUT2D eigenvalue weighted by atomic mass is 9.72. The number of carbonyl (C=O) groups excluding carboxylic acids is 2. The molecule has 2 aromatic rings. The van der Waals surface area contributed by atoms with Crippen molar-refractivity contribution in [3.63, 3.8) is 0 Å². The highest BCUT2D eigenvalue weighted by molar-refractivity contribution is 6.10. The predicted octanol–water partition coefficient (Wildman–Crippen LogP) is 2.35. The van der Waals surface area contributed by atoms with Crippen molar-refractivity contribution in [2.24, 2.45) is 17.8 Å². The minimum absolute atomic E-state index is 0.00366. The van der Waals surface area contributed by atoms with Crippen molar-refractivity contribution in [3.05, 3.63) is 48.5 Å². The number of nitrogens with zero attached hydrogens (tertiary/aromatic N) is 4. The zero-order chi connectivity index (χ0) is 20.5. The molecule has 1 aromatic carbocycles. The van der Waals surface area contributed by atoms with Gasteiger partial charge in [-0.1, -0.05) is 18.6 Å². The van der Waals surface area contributed by atoms with Gasteiger partial charge < -0.3 is 5.32 Å². The van der Waals surface area contributed by atoms with Gasteiger partial charge >= 0.3 is 0 Å². The molecule has 0 spiro atoms. The van der Waals surface area contributed by atoms with Crippen molar-refractivity contribution in [3.8, 4) is 0 Å². The first-order valence-corrected chi connectivity index (χ1v) is 10.8. The van der Waals surface area contributed by atoms with Crippen LogP contribution in [0.2, 0.25) is 0 Å².